The van der Waals surface area contributed by atoms with Crippen molar-refractivity contribution in [1.29, 1.82) is 0 Å². The topological polar surface area (TPSA) is 81.8 Å². The zero-order chi connectivity index (χ0) is 23.0. The molecule has 4 amide bonds. The Hall–Kier alpha value is -2.64. The zero-order valence-corrected chi connectivity index (χ0v) is 19.0. The number of hydrogen-bond acceptors (Lipinski definition) is 3. The minimum Gasteiger partial charge on any atom is -0.340 e. The Morgan fingerprint density at radius 3 is 2.42 bits per heavy atom. The quantitative estimate of drug-likeness (QED) is 0.617. The molecule has 1 fully saturated rings. The van der Waals surface area contributed by atoms with Gasteiger partial charge < -0.3 is 20.4 Å². The van der Waals surface area contributed by atoms with Crippen LogP contribution in [-0.2, 0) is 4.79 Å². The molecule has 0 bridgehead atoms. The molecule has 0 aromatic heterocycles. The van der Waals surface area contributed by atoms with Gasteiger partial charge in [-0.3, -0.25) is 9.59 Å². The van der Waals surface area contributed by atoms with Gasteiger partial charge in [0.05, 0.1) is 0 Å². The summed E-state index contributed by atoms with van der Waals surface area (Å²) in [6.45, 7) is 9.82. The molecular weight excluding hydrogens is 399 g/mol. The number of urea groups is 1. The first-order chi connectivity index (χ1) is 14.8. The third kappa shape index (κ3) is 6.67. The van der Waals surface area contributed by atoms with Crippen molar-refractivity contribution in [3.8, 4) is 0 Å². The first-order valence-electron chi connectivity index (χ1n) is 11.2. The normalized spacial score (nSPS) is 18.3. The van der Waals surface area contributed by atoms with E-state index in [1.807, 2.05) is 20.8 Å². The Morgan fingerprint density at radius 1 is 1.16 bits per heavy atom. The number of nitrogens with zero attached hydrogens (tertiary/aromatic N) is 2. The molecule has 3 unspecified atom stereocenters. The van der Waals surface area contributed by atoms with E-state index in [9.17, 15) is 18.8 Å². The van der Waals surface area contributed by atoms with Crippen molar-refractivity contribution in [2.75, 3.05) is 26.2 Å². The third-order valence-electron chi connectivity index (χ3n) is 5.88. The molecule has 1 aliphatic rings. The first-order valence-corrected chi connectivity index (χ1v) is 11.2. The summed E-state index contributed by atoms with van der Waals surface area (Å²) in [5, 5.41) is 5.76. The molecule has 0 saturated carbocycles. The maximum atomic E-state index is 13.3. The van der Waals surface area contributed by atoms with Gasteiger partial charge in [0.2, 0.25) is 5.91 Å². The molecule has 3 atom stereocenters. The number of halogens is 1. The van der Waals surface area contributed by atoms with Crippen LogP contribution < -0.4 is 10.6 Å². The average Bonchev–Trinajstić information content (AvgIpc) is 2.76. The minimum atomic E-state index is -0.681. The van der Waals surface area contributed by atoms with Gasteiger partial charge in [0.15, 0.2) is 0 Å². The van der Waals surface area contributed by atoms with E-state index in [0.29, 0.717) is 31.7 Å². The molecule has 1 aromatic carbocycles. The fourth-order valence-corrected chi connectivity index (χ4v) is 3.64. The summed E-state index contributed by atoms with van der Waals surface area (Å²) in [5.41, 5.74) is 0.310. The predicted molar refractivity (Wildman–Crippen MR) is 118 cm³/mol. The van der Waals surface area contributed by atoms with Crippen molar-refractivity contribution in [1.82, 2.24) is 20.4 Å². The van der Waals surface area contributed by atoms with Gasteiger partial charge >= 0.3 is 6.03 Å². The van der Waals surface area contributed by atoms with Crippen LogP contribution in [0.2, 0.25) is 0 Å². The zero-order valence-electron chi connectivity index (χ0n) is 19.0. The Labute approximate surface area is 184 Å². The Balaban J connectivity index is 2.02. The molecule has 31 heavy (non-hydrogen) atoms. The van der Waals surface area contributed by atoms with Crippen LogP contribution in [0.4, 0.5) is 9.18 Å². The van der Waals surface area contributed by atoms with Crippen LogP contribution in [0.25, 0.3) is 0 Å². The van der Waals surface area contributed by atoms with Gasteiger partial charge in [-0.15, -0.1) is 0 Å². The second-order valence-electron chi connectivity index (χ2n) is 8.26. The molecule has 1 aliphatic heterocycles. The fraction of sp³-hybridized carbons (Fsp3) is 0.609. The number of carbonyl (C=O) groups excluding carboxylic acids is 3. The third-order valence-corrected chi connectivity index (χ3v) is 5.88. The summed E-state index contributed by atoms with van der Waals surface area (Å²) < 4.78 is 13.2. The van der Waals surface area contributed by atoms with E-state index in [-0.39, 0.29) is 23.9 Å². The molecular formula is C23H35FN4O3. The molecule has 0 aliphatic carbocycles. The molecule has 2 rings (SSSR count). The number of carbonyl (C=O) groups is 3. The van der Waals surface area contributed by atoms with Crippen molar-refractivity contribution in [3.63, 3.8) is 0 Å². The molecule has 0 spiro atoms. The van der Waals surface area contributed by atoms with Crippen molar-refractivity contribution in [3.05, 3.63) is 35.6 Å². The maximum absolute atomic E-state index is 13.3. The van der Waals surface area contributed by atoms with Crippen LogP contribution in [0.1, 0.15) is 57.3 Å². The molecule has 7 nitrogen and oxygen atoms in total. The van der Waals surface area contributed by atoms with Gasteiger partial charge in [-0.05, 0) is 43.5 Å². The molecule has 8 heteroatoms. The number of unbranched alkanes of at least 4 members (excludes halogenated alkanes) is 1. The lowest BCUT2D eigenvalue weighted by Crippen LogP contribution is -2.61. The van der Waals surface area contributed by atoms with Gasteiger partial charge in [-0.1, -0.05) is 33.6 Å². The second-order valence-corrected chi connectivity index (χ2v) is 8.26. The molecule has 1 saturated heterocycles. The number of piperazine rings is 1. The lowest BCUT2D eigenvalue weighted by molar-refractivity contribution is -0.136. The fourth-order valence-electron chi connectivity index (χ4n) is 3.64. The molecule has 1 heterocycles. The molecule has 172 valence electrons. The van der Waals surface area contributed by atoms with Crippen LogP contribution in [0.3, 0.4) is 0 Å². The lowest BCUT2D eigenvalue weighted by atomic mass is 9.96. The van der Waals surface area contributed by atoms with Crippen LogP contribution in [0.5, 0.6) is 0 Å². The molecule has 2 N–H and O–H groups in total. The van der Waals surface area contributed by atoms with E-state index >= 15 is 0 Å². The highest BCUT2D eigenvalue weighted by atomic mass is 19.1. The van der Waals surface area contributed by atoms with Gasteiger partial charge in [-0.25, -0.2) is 9.18 Å². The number of hydrogen-bond donors (Lipinski definition) is 2. The van der Waals surface area contributed by atoms with E-state index in [2.05, 4.69) is 17.6 Å². The Kier molecular flexibility index (Phi) is 9.27. The summed E-state index contributed by atoms with van der Waals surface area (Å²) in [6, 6.07) is 4.35. The van der Waals surface area contributed by atoms with Gasteiger partial charge in [0, 0.05) is 37.8 Å². The Bertz CT molecular complexity index is 756. The highest BCUT2D eigenvalue weighted by molar-refractivity contribution is 5.97. The number of rotatable bonds is 8. The van der Waals surface area contributed by atoms with E-state index < -0.39 is 17.8 Å². The van der Waals surface area contributed by atoms with Gasteiger partial charge in [0.1, 0.15) is 11.9 Å². The summed E-state index contributed by atoms with van der Waals surface area (Å²) in [6.07, 6.45) is 2.66. The summed E-state index contributed by atoms with van der Waals surface area (Å²) in [5.74, 6) is -1.04. The largest absolute Gasteiger partial charge is 0.340 e. The average molecular weight is 435 g/mol. The first kappa shape index (κ1) is 24.6. The van der Waals surface area contributed by atoms with Crippen LogP contribution in [0.15, 0.2) is 24.3 Å². The van der Waals surface area contributed by atoms with E-state index in [1.165, 1.54) is 24.3 Å². The maximum Gasteiger partial charge on any atom is 0.317 e. The standard InChI is InChI=1S/C23H35FN4O3/c1-5-7-12-25-23(31)28-14-13-27(15-17(28)4)22(30)20(16(3)6-2)26-21(29)18-8-10-19(24)11-9-18/h8-11,16-17,20H,5-7,12-15H2,1-4H3,(H,25,31)(H,26,29). The van der Waals surface area contributed by atoms with Crippen LogP contribution in [0, 0.1) is 11.7 Å². The highest BCUT2D eigenvalue weighted by Gasteiger charge is 2.35. The van der Waals surface area contributed by atoms with Crippen molar-refractivity contribution in [2.45, 2.75) is 59.0 Å². The highest BCUT2D eigenvalue weighted by Crippen LogP contribution is 2.16. The Morgan fingerprint density at radius 2 is 1.84 bits per heavy atom. The van der Waals surface area contributed by atoms with Crippen LogP contribution >= 0.6 is 0 Å². The predicted octanol–water partition coefficient (Wildman–Crippen LogP) is 3.01. The lowest BCUT2D eigenvalue weighted by Gasteiger charge is -2.41. The second kappa shape index (κ2) is 11.7. The van der Waals surface area contributed by atoms with Crippen molar-refractivity contribution in [2.24, 2.45) is 5.92 Å². The number of nitrogens with one attached hydrogen (secondary N) is 2. The van der Waals surface area contributed by atoms with E-state index in [0.717, 1.165) is 19.3 Å². The summed E-state index contributed by atoms with van der Waals surface area (Å²) >= 11 is 0. The molecule has 0 radical (unpaired) electrons. The monoisotopic (exact) mass is 434 g/mol. The van der Waals surface area contributed by atoms with E-state index in [4.69, 9.17) is 0 Å². The minimum absolute atomic E-state index is 0.0671. The van der Waals surface area contributed by atoms with Gasteiger partial charge in [0.25, 0.3) is 5.91 Å². The van der Waals surface area contributed by atoms with Crippen molar-refractivity contribution < 1.29 is 18.8 Å². The summed E-state index contributed by atoms with van der Waals surface area (Å²) in [4.78, 5) is 41.8. The summed E-state index contributed by atoms with van der Waals surface area (Å²) in [7, 11) is 0. The van der Waals surface area contributed by atoms with Crippen LogP contribution in [-0.4, -0.2) is 65.9 Å². The number of amides is 4. The molecule has 1 aromatic rings. The number of benzene rings is 1. The smallest absolute Gasteiger partial charge is 0.317 e. The van der Waals surface area contributed by atoms with Gasteiger partial charge in [-0.2, -0.15) is 0 Å². The van der Waals surface area contributed by atoms with E-state index in [1.54, 1.807) is 9.80 Å². The van der Waals surface area contributed by atoms with Crippen molar-refractivity contribution >= 4 is 17.8 Å². The SMILES string of the molecule is CCCCNC(=O)N1CCN(C(=O)C(NC(=O)c2ccc(F)cc2)C(C)CC)CC1C.